The summed E-state index contributed by atoms with van der Waals surface area (Å²) in [6, 6.07) is 0. The van der Waals surface area contributed by atoms with Gasteiger partial charge in [0.25, 0.3) is 0 Å². The van der Waals surface area contributed by atoms with Gasteiger partial charge in [-0.1, -0.05) is 29.3 Å². The molecule has 0 unspecified atom stereocenters. The number of carbonyl (C=O) groups excluding carboxylic acids is 3. The SMILES string of the molecule is CC(=O)Oc1c(Cl)c(C)c(C=O)c(O)c1C/C=C(\C)CC/C=C(\C)[C@@H]1CC(=O)C(C)(C)O1. The van der Waals surface area contributed by atoms with Gasteiger partial charge >= 0.3 is 5.97 Å². The summed E-state index contributed by atoms with van der Waals surface area (Å²) in [5.41, 5.74) is 2.09. The highest BCUT2D eigenvalue weighted by atomic mass is 35.5. The number of hydrogen-bond donors (Lipinski definition) is 1. The Labute approximate surface area is 194 Å². The van der Waals surface area contributed by atoms with E-state index in [1.807, 2.05) is 19.9 Å². The Kier molecular flexibility index (Phi) is 8.43. The number of hydrogen-bond acceptors (Lipinski definition) is 6. The molecule has 0 saturated carbocycles. The van der Waals surface area contributed by atoms with Crippen molar-refractivity contribution >= 4 is 29.6 Å². The zero-order valence-electron chi connectivity index (χ0n) is 19.5. The van der Waals surface area contributed by atoms with Crippen LogP contribution in [0.2, 0.25) is 5.02 Å². The van der Waals surface area contributed by atoms with Gasteiger partial charge in [0.15, 0.2) is 17.8 Å². The van der Waals surface area contributed by atoms with Crippen LogP contribution in [0, 0.1) is 6.92 Å². The van der Waals surface area contributed by atoms with Crippen molar-refractivity contribution in [2.45, 2.75) is 78.9 Å². The van der Waals surface area contributed by atoms with E-state index in [2.05, 4.69) is 6.08 Å². The predicted octanol–water partition coefficient (Wildman–Crippen LogP) is 5.44. The molecule has 2 rings (SSSR count). The molecule has 1 atom stereocenters. The first-order valence-corrected chi connectivity index (χ1v) is 11.0. The third-order valence-corrected chi connectivity index (χ3v) is 6.21. The topological polar surface area (TPSA) is 89.9 Å². The second-order valence-corrected chi connectivity index (χ2v) is 9.08. The van der Waals surface area contributed by atoms with Gasteiger partial charge in [-0.25, -0.2) is 0 Å². The molecule has 0 bridgehead atoms. The number of benzene rings is 1. The lowest BCUT2D eigenvalue weighted by Gasteiger charge is -2.18. The van der Waals surface area contributed by atoms with Gasteiger partial charge in [0.05, 0.1) is 16.7 Å². The number of halogens is 1. The lowest BCUT2D eigenvalue weighted by Crippen LogP contribution is -2.27. The summed E-state index contributed by atoms with van der Waals surface area (Å²) in [6.45, 7) is 10.3. The van der Waals surface area contributed by atoms with Gasteiger partial charge in [0.1, 0.15) is 11.4 Å². The number of rotatable bonds is 8. The van der Waals surface area contributed by atoms with Crippen LogP contribution in [0.15, 0.2) is 23.3 Å². The first-order valence-electron chi connectivity index (χ1n) is 10.6. The van der Waals surface area contributed by atoms with Crippen molar-refractivity contribution in [1.82, 2.24) is 0 Å². The lowest BCUT2D eigenvalue weighted by atomic mass is 9.98. The Bertz CT molecular complexity index is 987. The number of esters is 1. The van der Waals surface area contributed by atoms with Crippen LogP contribution in [0.5, 0.6) is 11.5 Å². The number of carbonyl (C=O) groups is 3. The quantitative estimate of drug-likeness (QED) is 0.239. The van der Waals surface area contributed by atoms with Crippen LogP contribution in [-0.4, -0.2) is 34.9 Å². The number of allylic oxidation sites excluding steroid dienone is 3. The maximum atomic E-state index is 12.0. The summed E-state index contributed by atoms with van der Waals surface area (Å²) in [6.07, 6.45) is 6.51. The summed E-state index contributed by atoms with van der Waals surface area (Å²) in [5, 5.41) is 10.7. The van der Waals surface area contributed by atoms with Crippen molar-refractivity contribution in [3.63, 3.8) is 0 Å². The molecule has 0 amide bonds. The molecule has 1 fully saturated rings. The van der Waals surface area contributed by atoms with E-state index in [4.69, 9.17) is 21.1 Å². The van der Waals surface area contributed by atoms with Crippen molar-refractivity contribution in [3.05, 3.63) is 45.0 Å². The fraction of sp³-hybridized carbons (Fsp3) is 0.480. The van der Waals surface area contributed by atoms with E-state index in [-0.39, 0.29) is 40.4 Å². The summed E-state index contributed by atoms with van der Waals surface area (Å²) in [7, 11) is 0. The van der Waals surface area contributed by atoms with Crippen molar-refractivity contribution in [1.29, 1.82) is 0 Å². The third-order valence-electron chi connectivity index (χ3n) is 5.76. The van der Waals surface area contributed by atoms with Gasteiger partial charge in [-0.3, -0.25) is 14.4 Å². The van der Waals surface area contributed by atoms with E-state index < -0.39 is 11.6 Å². The highest BCUT2D eigenvalue weighted by molar-refractivity contribution is 6.33. The second kappa shape index (κ2) is 10.5. The molecule has 1 aromatic carbocycles. The van der Waals surface area contributed by atoms with E-state index in [0.717, 1.165) is 24.0 Å². The predicted molar refractivity (Wildman–Crippen MR) is 124 cm³/mol. The molecule has 1 N–H and O–H groups in total. The molecule has 6 nitrogen and oxygen atoms in total. The normalized spacial score (nSPS) is 18.7. The lowest BCUT2D eigenvalue weighted by molar-refractivity contribution is -0.132. The monoisotopic (exact) mass is 462 g/mol. The van der Waals surface area contributed by atoms with Crippen LogP contribution in [0.1, 0.15) is 75.4 Å². The Hall–Kier alpha value is -2.44. The van der Waals surface area contributed by atoms with Gasteiger partial charge in [-0.15, -0.1) is 0 Å². The maximum absolute atomic E-state index is 12.0. The van der Waals surface area contributed by atoms with E-state index in [9.17, 15) is 19.5 Å². The van der Waals surface area contributed by atoms with Crippen LogP contribution in [0.3, 0.4) is 0 Å². The van der Waals surface area contributed by atoms with Gasteiger partial charge in [-0.2, -0.15) is 0 Å². The molecule has 174 valence electrons. The van der Waals surface area contributed by atoms with Crippen LogP contribution in [0.4, 0.5) is 0 Å². The largest absolute Gasteiger partial charge is 0.507 e. The standard InChI is InChI=1S/C25H31ClO6/c1-14(8-7-9-15(2)20-12-21(29)25(5,6)32-20)10-11-18-23(30)19(13-27)16(3)22(26)24(18)31-17(4)28/h9-10,13,20,30H,7-8,11-12H2,1-6H3/b14-10+,15-9+/t20-/m0/s1. The van der Waals surface area contributed by atoms with Gasteiger partial charge in [0, 0.05) is 18.9 Å². The first-order chi connectivity index (χ1) is 14.9. The van der Waals surface area contributed by atoms with Crippen molar-refractivity contribution < 1.29 is 29.0 Å². The molecule has 7 heteroatoms. The molecular formula is C25H31ClO6. The number of phenols is 1. The minimum absolute atomic E-state index is 0.0743. The molecule has 0 spiro atoms. The Morgan fingerprint density at radius 3 is 2.47 bits per heavy atom. The Morgan fingerprint density at radius 1 is 1.28 bits per heavy atom. The van der Waals surface area contributed by atoms with E-state index >= 15 is 0 Å². The highest BCUT2D eigenvalue weighted by Crippen LogP contribution is 2.41. The highest BCUT2D eigenvalue weighted by Gasteiger charge is 2.40. The molecule has 1 heterocycles. The number of ketones is 1. The van der Waals surface area contributed by atoms with Crippen LogP contribution in [-0.2, 0) is 20.7 Å². The fourth-order valence-corrected chi connectivity index (χ4v) is 3.88. The molecule has 0 aliphatic carbocycles. The summed E-state index contributed by atoms with van der Waals surface area (Å²) in [5.74, 6) is -0.613. The van der Waals surface area contributed by atoms with Crippen molar-refractivity contribution in [2.24, 2.45) is 0 Å². The maximum Gasteiger partial charge on any atom is 0.308 e. The van der Waals surface area contributed by atoms with Crippen LogP contribution >= 0.6 is 11.6 Å². The van der Waals surface area contributed by atoms with Crippen molar-refractivity contribution in [2.75, 3.05) is 0 Å². The van der Waals surface area contributed by atoms with E-state index in [0.29, 0.717) is 23.8 Å². The zero-order valence-corrected chi connectivity index (χ0v) is 20.3. The molecule has 32 heavy (non-hydrogen) atoms. The van der Waals surface area contributed by atoms with Crippen LogP contribution in [0.25, 0.3) is 0 Å². The fourth-order valence-electron chi connectivity index (χ4n) is 3.62. The zero-order chi connectivity index (χ0) is 24.2. The third kappa shape index (κ3) is 5.87. The summed E-state index contributed by atoms with van der Waals surface area (Å²) in [4.78, 5) is 34.9. The molecule has 1 aliphatic rings. The molecule has 0 radical (unpaired) electrons. The Balaban J connectivity index is 2.14. The van der Waals surface area contributed by atoms with E-state index in [1.54, 1.807) is 20.8 Å². The molecule has 1 saturated heterocycles. The minimum Gasteiger partial charge on any atom is -0.507 e. The second-order valence-electron chi connectivity index (χ2n) is 8.71. The Morgan fingerprint density at radius 2 is 1.94 bits per heavy atom. The van der Waals surface area contributed by atoms with Gasteiger partial charge < -0.3 is 14.6 Å². The number of aldehydes is 1. The number of Topliss-reactive ketones (excluding diaryl/α,β-unsaturated/α-hetero) is 1. The number of aromatic hydroxyl groups is 1. The molecule has 1 aromatic rings. The summed E-state index contributed by atoms with van der Waals surface area (Å²) < 4.78 is 11.1. The summed E-state index contributed by atoms with van der Waals surface area (Å²) >= 11 is 6.31. The average Bonchev–Trinajstić information content (AvgIpc) is 2.98. The van der Waals surface area contributed by atoms with E-state index in [1.165, 1.54) is 6.92 Å². The minimum atomic E-state index is -0.729. The first kappa shape index (κ1) is 25.8. The molecular weight excluding hydrogens is 432 g/mol. The van der Waals surface area contributed by atoms with Gasteiger partial charge in [0.2, 0.25) is 0 Å². The number of phenolic OH excluding ortho intramolecular Hbond substituents is 1. The molecule has 1 aliphatic heterocycles. The van der Waals surface area contributed by atoms with Crippen LogP contribution < -0.4 is 4.74 Å². The average molecular weight is 463 g/mol. The molecule has 0 aromatic heterocycles. The number of ether oxygens (including phenoxy) is 2. The smallest absolute Gasteiger partial charge is 0.308 e. The van der Waals surface area contributed by atoms with Gasteiger partial charge in [-0.05, 0) is 65.0 Å². The van der Waals surface area contributed by atoms with Crippen molar-refractivity contribution in [3.8, 4) is 11.5 Å².